The number of hydrogen-bond donors (Lipinski definition) is 2. The Morgan fingerprint density at radius 3 is 2.48 bits per heavy atom. The number of rotatable bonds is 9. The number of hydrogen-bond acceptors (Lipinski definition) is 11. The third-order valence-electron chi connectivity index (χ3n) is 10.1. The molecule has 0 bridgehead atoms. The standard InChI is InChI=1S/C42H43ClFN9O5/c1-5-57-39(55)35-34(36(50-40(43)49-35)48-29-14-18-51(19-15-29)41(56)58-42(2,3)4)47-28-12-10-26(11-13-28)38(54)52-20-16-30-31-7-6-17-46-37(31)53(33(30)24-52)23-27-9-8-25(22-45)21-32(27)44/h6-13,17,21,29,47H,5,14-16,18-20,23-24H2,1-4H3,(H,48,49,50). The van der Waals surface area contributed by atoms with Gasteiger partial charge in [-0.1, -0.05) is 6.07 Å². The van der Waals surface area contributed by atoms with Crippen LogP contribution in [0, 0.1) is 17.1 Å². The van der Waals surface area contributed by atoms with Crippen molar-refractivity contribution in [3.05, 3.63) is 106 Å². The molecular formula is C42H43ClFN9O5. The molecule has 3 aromatic heterocycles. The summed E-state index contributed by atoms with van der Waals surface area (Å²) in [7, 11) is 0. The second-order valence-electron chi connectivity index (χ2n) is 15.2. The second-order valence-corrected chi connectivity index (χ2v) is 15.5. The van der Waals surface area contributed by atoms with E-state index in [1.165, 1.54) is 6.07 Å². The predicted octanol–water partition coefficient (Wildman–Crippen LogP) is 7.47. The summed E-state index contributed by atoms with van der Waals surface area (Å²) < 4.78 is 27.9. The van der Waals surface area contributed by atoms with Crippen LogP contribution in [0.2, 0.25) is 5.28 Å². The van der Waals surface area contributed by atoms with E-state index in [1.807, 2.05) is 43.5 Å². The van der Waals surface area contributed by atoms with Gasteiger partial charge in [0.2, 0.25) is 5.28 Å². The molecule has 0 radical (unpaired) electrons. The first kappa shape index (κ1) is 39.9. The average molecular weight is 808 g/mol. The molecule has 2 aliphatic heterocycles. The fourth-order valence-electron chi connectivity index (χ4n) is 7.27. The SMILES string of the molecule is CCOC(=O)c1nc(Cl)nc(NC2CCN(C(=O)OC(C)(C)C)CC2)c1Nc1ccc(C(=O)N2CCc3c(n(Cc4ccc(C#N)cc4F)c4ncccc34)C2)cc1. The summed E-state index contributed by atoms with van der Waals surface area (Å²) in [6.45, 7) is 9.16. The molecule has 0 spiro atoms. The minimum Gasteiger partial charge on any atom is -0.461 e. The fraction of sp³-hybridized carbons (Fsp3) is 0.357. The molecule has 1 saturated heterocycles. The molecule has 16 heteroatoms. The zero-order valence-corrected chi connectivity index (χ0v) is 33.4. The number of likely N-dealkylation sites (tertiary alicyclic amines) is 1. The first-order valence-corrected chi connectivity index (χ1v) is 19.5. The van der Waals surface area contributed by atoms with E-state index >= 15 is 4.39 Å². The monoisotopic (exact) mass is 807 g/mol. The molecule has 0 unspecified atom stereocenters. The number of nitriles is 1. The molecule has 58 heavy (non-hydrogen) atoms. The molecule has 2 N–H and O–H groups in total. The van der Waals surface area contributed by atoms with Gasteiger partial charge < -0.3 is 34.5 Å². The van der Waals surface area contributed by atoms with Gasteiger partial charge in [0.15, 0.2) is 11.5 Å². The quantitative estimate of drug-likeness (QED) is 0.112. The summed E-state index contributed by atoms with van der Waals surface area (Å²) in [6, 6.07) is 17.0. The first-order valence-electron chi connectivity index (χ1n) is 19.1. The maximum absolute atomic E-state index is 15.1. The number of nitrogens with one attached hydrogen (secondary N) is 2. The number of aromatic nitrogens is 4. The number of nitrogens with zero attached hydrogens (tertiary/aromatic N) is 7. The topological polar surface area (TPSA) is 168 Å². The molecule has 0 saturated carbocycles. The molecule has 2 aromatic carbocycles. The van der Waals surface area contributed by atoms with Crippen LogP contribution in [0.3, 0.4) is 0 Å². The van der Waals surface area contributed by atoms with Crippen LogP contribution in [-0.2, 0) is 29.0 Å². The maximum atomic E-state index is 15.1. The Bertz CT molecular complexity index is 2420. The van der Waals surface area contributed by atoms with Gasteiger partial charge in [0.25, 0.3) is 5.91 Å². The molecule has 5 aromatic rings. The minimum absolute atomic E-state index is 0.0643. The largest absolute Gasteiger partial charge is 0.461 e. The van der Waals surface area contributed by atoms with Gasteiger partial charge in [-0.3, -0.25) is 4.79 Å². The molecule has 300 valence electrons. The fourth-order valence-corrected chi connectivity index (χ4v) is 7.44. The summed E-state index contributed by atoms with van der Waals surface area (Å²) in [6.07, 6.45) is 3.10. The van der Waals surface area contributed by atoms with Crippen LogP contribution in [0.1, 0.15) is 83.8 Å². The van der Waals surface area contributed by atoms with E-state index in [2.05, 4.69) is 25.6 Å². The van der Waals surface area contributed by atoms with Crippen molar-refractivity contribution < 1.29 is 28.2 Å². The van der Waals surface area contributed by atoms with Crippen molar-refractivity contribution in [1.29, 1.82) is 5.26 Å². The molecule has 0 aliphatic carbocycles. The number of carbonyl (C=O) groups is 3. The van der Waals surface area contributed by atoms with Crippen molar-refractivity contribution in [3.8, 4) is 6.07 Å². The molecule has 5 heterocycles. The number of piperidine rings is 1. The van der Waals surface area contributed by atoms with Crippen LogP contribution >= 0.6 is 11.6 Å². The second kappa shape index (κ2) is 16.7. The predicted molar refractivity (Wildman–Crippen MR) is 216 cm³/mol. The number of benzene rings is 2. The van der Waals surface area contributed by atoms with Crippen molar-refractivity contribution in [1.82, 2.24) is 29.3 Å². The van der Waals surface area contributed by atoms with Crippen molar-refractivity contribution in [2.24, 2.45) is 0 Å². The average Bonchev–Trinajstić information content (AvgIpc) is 3.51. The number of carbonyl (C=O) groups excluding carboxylic acids is 3. The van der Waals surface area contributed by atoms with Crippen LogP contribution in [0.4, 0.5) is 26.4 Å². The Labute approximate surface area is 339 Å². The Kier molecular flexibility index (Phi) is 11.5. The normalized spacial score (nSPS) is 14.4. The van der Waals surface area contributed by atoms with E-state index in [9.17, 15) is 19.6 Å². The zero-order chi connectivity index (χ0) is 41.1. The summed E-state index contributed by atoms with van der Waals surface area (Å²) >= 11 is 6.32. The molecular weight excluding hydrogens is 765 g/mol. The van der Waals surface area contributed by atoms with Crippen molar-refractivity contribution in [2.75, 3.05) is 36.9 Å². The lowest BCUT2D eigenvalue weighted by molar-refractivity contribution is 0.0209. The highest BCUT2D eigenvalue weighted by Crippen LogP contribution is 2.34. The maximum Gasteiger partial charge on any atom is 0.410 e. The van der Waals surface area contributed by atoms with E-state index < -0.39 is 17.4 Å². The summed E-state index contributed by atoms with van der Waals surface area (Å²) in [4.78, 5) is 56.5. The van der Waals surface area contributed by atoms with Crippen LogP contribution in [0.25, 0.3) is 11.0 Å². The number of fused-ring (bicyclic) bond motifs is 3. The van der Waals surface area contributed by atoms with Gasteiger partial charge in [-0.05, 0) is 113 Å². The minimum atomic E-state index is -0.692. The lowest BCUT2D eigenvalue weighted by Crippen LogP contribution is -2.44. The summed E-state index contributed by atoms with van der Waals surface area (Å²) in [5.74, 6) is -1.07. The van der Waals surface area contributed by atoms with Crippen LogP contribution in [0.5, 0.6) is 0 Å². The molecule has 14 nitrogen and oxygen atoms in total. The third-order valence-corrected chi connectivity index (χ3v) is 10.2. The van der Waals surface area contributed by atoms with E-state index in [4.69, 9.17) is 21.1 Å². The molecule has 2 aliphatic rings. The number of halogens is 2. The number of ether oxygens (including phenoxy) is 2. The van der Waals surface area contributed by atoms with Gasteiger partial charge in [-0.2, -0.15) is 10.2 Å². The van der Waals surface area contributed by atoms with Crippen LogP contribution < -0.4 is 10.6 Å². The van der Waals surface area contributed by atoms with Gasteiger partial charge in [-0.15, -0.1) is 0 Å². The number of anilines is 3. The van der Waals surface area contributed by atoms with Crippen molar-refractivity contribution >= 4 is 57.8 Å². The summed E-state index contributed by atoms with van der Waals surface area (Å²) in [5, 5.41) is 16.7. The van der Waals surface area contributed by atoms with Crippen molar-refractivity contribution in [2.45, 2.75) is 71.7 Å². The van der Waals surface area contributed by atoms with Gasteiger partial charge in [0.05, 0.1) is 31.3 Å². The van der Waals surface area contributed by atoms with Gasteiger partial charge in [0, 0.05) is 59.8 Å². The Morgan fingerprint density at radius 2 is 1.79 bits per heavy atom. The van der Waals surface area contributed by atoms with E-state index in [0.29, 0.717) is 67.9 Å². The number of esters is 1. The van der Waals surface area contributed by atoms with Crippen LogP contribution in [-0.4, -0.2) is 85.2 Å². The van der Waals surface area contributed by atoms with Gasteiger partial charge >= 0.3 is 12.1 Å². The molecule has 1 fully saturated rings. The zero-order valence-electron chi connectivity index (χ0n) is 32.6. The smallest absolute Gasteiger partial charge is 0.410 e. The number of amides is 2. The Balaban J connectivity index is 1.09. The lowest BCUT2D eigenvalue weighted by atomic mass is 10.0. The number of pyridine rings is 1. The highest BCUT2D eigenvalue weighted by Gasteiger charge is 2.31. The lowest BCUT2D eigenvalue weighted by Gasteiger charge is -2.34. The molecule has 7 rings (SSSR count). The van der Waals surface area contributed by atoms with Gasteiger partial charge in [-0.25, -0.2) is 23.9 Å². The van der Waals surface area contributed by atoms with E-state index in [0.717, 1.165) is 16.6 Å². The van der Waals surface area contributed by atoms with E-state index in [-0.39, 0.29) is 59.2 Å². The Hall–Kier alpha value is -6.27. The Morgan fingerprint density at radius 1 is 1.03 bits per heavy atom. The molecule has 2 amide bonds. The van der Waals surface area contributed by atoms with E-state index in [1.54, 1.807) is 59.3 Å². The van der Waals surface area contributed by atoms with Gasteiger partial charge in [0.1, 0.15) is 22.8 Å². The highest BCUT2D eigenvalue weighted by molar-refractivity contribution is 6.28. The van der Waals surface area contributed by atoms with Crippen LogP contribution in [0.15, 0.2) is 60.8 Å². The van der Waals surface area contributed by atoms with Crippen molar-refractivity contribution in [3.63, 3.8) is 0 Å². The third kappa shape index (κ3) is 8.67. The first-order chi connectivity index (χ1) is 27.8. The molecule has 0 atom stereocenters. The highest BCUT2D eigenvalue weighted by atomic mass is 35.5. The summed E-state index contributed by atoms with van der Waals surface area (Å²) in [5.41, 5.74) is 3.88.